The summed E-state index contributed by atoms with van der Waals surface area (Å²) in [7, 11) is 0. The molecule has 1 aromatic heterocycles. The van der Waals surface area contributed by atoms with Crippen LogP contribution in [0.5, 0.6) is 0 Å². The Kier molecular flexibility index (Phi) is 6.04. The molecule has 3 heterocycles. The normalized spacial score (nSPS) is 19.1. The highest BCUT2D eigenvalue weighted by Crippen LogP contribution is 2.22. The molecule has 7 heteroatoms. The van der Waals surface area contributed by atoms with Crippen molar-refractivity contribution in [1.29, 1.82) is 0 Å². The summed E-state index contributed by atoms with van der Waals surface area (Å²) in [5, 5.41) is 0. The third kappa shape index (κ3) is 4.60. The van der Waals surface area contributed by atoms with Crippen molar-refractivity contribution in [3.63, 3.8) is 0 Å². The van der Waals surface area contributed by atoms with Gasteiger partial charge >= 0.3 is 0 Å². The van der Waals surface area contributed by atoms with Gasteiger partial charge in [0, 0.05) is 51.4 Å². The monoisotopic (exact) mass is 384 g/mol. The van der Waals surface area contributed by atoms with Crippen LogP contribution in [0.1, 0.15) is 11.5 Å². The predicted octanol–water partition coefficient (Wildman–Crippen LogP) is 1.63. The van der Waals surface area contributed by atoms with E-state index in [4.69, 9.17) is 14.1 Å². The Labute approximate surface area is 165 Å². The number of morpholine rings is 1. The fraction of sp³-hybridized carbons (Fsp3) is 0.524. The van der Waals surface area contributed by atoms with E-state index in [2.05, 4.69) is 9.80 Å². The van der Waals surface area contributed by atoms with E-state index in [9.17, 15) is 4.79 Å². The average Bonchev–Trinajstić information content (AvgIpc) is 3.11. The van der Waals surface area contributed by atoms with Crippen molar-refractivity contribution >= 4 is 5.91 Å². The minimum atomic E-state index is 0.219. The molecule has 2 saturated heterocycles. The van der Waals surface area contributed by atoms with Gasteiger partial charge in [0.25, 0.3) is 0 Å². The Morgan fingerprint density at radius 2 is 1.68 bits per heavy atom. The zero-order valence-corrected chi connectivity index (χ0v) is 16.5. The summed E-state index contributed by atoms with van der Waals surface area (Å²) in [5.41, 5.74) is 2.00. The van der Waals surface area contributed by atoms with Crippen LogP contribution in [-0.4, -0.2) is 84.6 Å². The van der Waals surface area contributed by atoms with Crippen molar-refractivity contribution in [1.82, 2.24) is 19.7 Å². The molecule has 150 valence electrons. The number of piperazine rings is 1. The third-order valence-corrected chi connectivity index (χ3v) is 5.47. The molecule has 2 aliphatic rings. The lowest BCUT2D eigenvalue weighted by Gasteiger charge is -2.35. The molecule has 0 atom stereocenters. The largest absolute Gasteiger partial charge is 0.441 e. The molecule has 28 heavy (non-hydrogen) atoms. The standard InChI is InChI=1S/C21H28N4O3/c1-17-19(22-21(28-17)18-5-3-2-4-6-18)15-23-7-9-24(10-8-23)16-20(26)25-11-13-27-14-12-25/h2-6H,7-16H2,1H3. The van der Waals surface area contributed by atoms with Crippen LogP contribution in [0, 0.1) is 6.92 Å². The van der Waals surface area contributed by atoms with Crippen LogP contribution < -0.4 is 0 Å². The molecule has 0 saturated carbocycles. The number of aryl methyl sites for hydroxylation is 1. The summed E-state index contributed by atoms with van der Waals surface area (Å²) in [6.07, 6.45) is 0. The molecule has 4 rings (SSSR count). The van der Waals surface area contributed by atoms with Gasteiger partial charge in [-0.25, -0.2) is 4.98 Å². The summed E-state index contributed by atoms with van der Waals surface area (Å²) in [6, 6.07) is 10.0. The number of hydrogen-bond donors (Lipinski definition) is 0. The number of oxazole rings is 1. The highest BCUT2D eigenvalue weighted by molar-refractivity contribution is 5.78. The van der Waals surface area contributed by atoms with Gasteiger partial charge < -0.3 is 14.1 Å². The quantitative estimate of drug-likeness (QED) is 0.781. The summed E-state index contributed by atoms with van der Waals surface area (Å²) >= 11 is 0. The molecule has 2 fully saturated rings. The smallest absolute Gasteiger partial charge is 0.236 e. The second-order valence-electron chi connectivity index (χ2n) is 7.43. The Hall–Kier alpha value is -2.22. The van der Waals surface area contributed by atoms with Gasteiger partial charge in [0.15, 0.2) is 0 Å². The first kappa shape index (κ1) is 19.1. The number of carbonyl (C=O) groups excluding carboxylic acids is 1. The Bertz CT molecular complexity index is 778. The van der Waals surface area contributed by atoms with Crippen molar-refractivity contribution in [2.24, 2.45) is 0 Å². The maximum atomic E-state index is 12.4. The van der Waals surface area contributed by atoms with Crippen LogP contribution in [0.2, 0.25) is 0 Å². The van der Waals surface area contributed by atoms with Crippen molar-refractivity contribution < 1.29 is 13.9 Å². The minimum absolute atomic E-state index is 0.219. The van der Waals surface area contributed by atoms with E-state index in [-0.39, 0.29) is 5.91 Å². The number of ether oxygens (including phenoxy) is 1. The number of rotatable bonds is 5. The molecule has 0 bridgehead atoms. The predicted molar refractivity (Wildman–Crippen MR) is 106 cm³/mol. The molecule has 1 amide bonds. The summed E-state index contributed by atoms with van der Waals surface area (Å²) in [5.74, 6) is 1.78. The number of hydrogen-bond acceptors (Lipinski definition) is 6. The second kappa shape index (κ2) is 8.86. The first-order valence-electron chi connectivity index (χ1n) is 10.0. The second-order valence-corrected chi connectivity index (χ2v) is 7.43. The van der Waals surface area contributed by atoms with Gasteiger partial charge in [-0.05, 0) is 19.1 Å². The van der Waals surface area contributed by atoms with E-state index in [1.54, 1.807) is 0 Å². The zero-order chi connectivity index (χ0) is 19.3. The van der Waals surface area contributed by atoms with Crippen molar-refractivity contribution in [3.8, 4) is 11.5 Å². The number of nitrogens with zero attached hydrogens (tertiary/aromatic N) is 4. The SMILES string of the molecule is Cc1oc(-c2ccccc2)nc1CN1CCN(CC(=O)N2CCOCC2)CC1. The van der Waals surface area contributed by atoms with Gasteiger partial charge in [-0.1, -0.05) is 18.2 Å². The fourth-order valence-electron chi connectivity index (χ4n) is 3.70. The summed E-state index contributed by atoms with van der Waals surface area (Å²) < 4.78 is 11.2. The number of carbonyl (C=O) groups is 1. The lowest BCUT2D eigenvalue weighted by molar-refractivity contribution is -0.136. The topological polar surface area (TPSA) is 62.1 Å². The van der Waals surface area contributed by atoms with Gasteiger partial charge in [0.1, 0.15) is 5.76 Å². The van der Waals surface area contributed by atoms with Crippen LogP contribution in [0.25, 0.3) is 11.5 Å². The minimum Gasteiger partial charge on any atom is -0.441 e. The Morgan fingerprint density at radius 1 is 1.00 bits per heavy atom. The maximum Gasteiger partial charge on any atom is 0.236 e. The molecule has 0 spiro atoms. The van der Waals surface area contributed by atoms with E-state index in [0.717, 1.165) is 49.7 Å². The molecule has 0 unspecified atom stereocenters. The molecule has 1 aromatic carbocycles. The highest BCUT2D eigenvalue weighted by atomic mass is 16.5. The molecule has 0 radical (unpaired) electrons. The molecular formula is C21H28N4O3. The van der Waals surface area contributed by atoms with Crippen LogP contribution in [0.4, 0.5) is 0 Å². The Morgan fingerprint density at radius 3 is 2.39 bits per heavy atom. The van der Waals surface area contributed by atoms with Crippen LogP contribution in [0.15, 0.2) is 34.7 Å². The van der Waals surface area contributed by atoms with Crippen LogP contribution in [-0.2, 0) is 16.1 Å². The first-order chi connectivity index (χ1) is 13.7. The van der Waals surface area contributed by atoms with E-state index in [0.29, 0.717) is 38.7 Å². The van der Waals surface area contributed by atoms with Gasteiger partial charge in [0.2, 0.25) is 11.8 Å². The van der Waals surface area contributed by atoms with Gasteiger partial charge in [-0.3, -0.25) is 14.6 Å². The molecule has 2 aliphatic heterocycles. The lowest BCUT2D eigenvalue weighted by atomic mass is 10.2. The zero-order valence-electron chi connectivity index (χ0n) is 16.5. The molecule has 7 nitrogen and oxygen atoms in total. The average molecular weight is 384 g/mol. The number of amides is 1. The van der Waals surface area contributed by atoms with Crippen LogP contribution >= 0.6 is 0 Å². The lowest BCUT2D eigenvalue weighted by Crippen LogP contribution is -2.51. The fourth-order valence-corrected chi connectivity index (χ4v) is 3.70. The van der Waals surface area contributed by atoms with E-state index in [1.165, 1.54) is 0 Å². The number of benzene rings is 1. The van der Waals surface area contributed by atoms with E-state index >= 15 is 0 Å². The number of aromatic nitrogens is 1. The molecule has 0 N–H and O–H groups in total. The van der Waals surface area contributed by atoms with Crippen LogP contribution in [0.3, 0.4) is 0 Å². The van der Waals surface area contributed by atoms with Crippen molar-refractivity contribution in [2.45, 2.75) is 13.5 Å². The van der Waals surface area contributed by atoms with E-state index in [1.807, 2.05) is 42.2 Å². The molecule has 0 aliphatic carbocycles. The van der Waals surface area contributed by atoms with Gasteiger partial charge in [-0.2, -0.15) is 0 Å². The van der Waals surface area contributed by atoms with Gasteiger partial charge in [0.05, 0.1) is 25.5 Å². The Balaban J connectivity index is 1.28. The van der Waals surface area contributed by atoms with Crippen molar-refractivity contribution in [3.05, 3.63) is 41.8 Å². The van der Waals surface area contributed by atoms with E-state index < -0.39 is 0 Å². The maximum absolute atomic E-state index is 12.4. The molecule has 2 aromatic rings. The summed E-state index contributed by atoms with van der Waals surface area (Å²) in [4.78, 5) is 23.7. The summed E-state index contributed by atoms with van der Waals surface area (Å²) in [6.45, 7) is 9.68. The highest BCUT2D eigenvalue weighted by Gasteiger charge is 2.24. The van der Waals surface area contributed by atoms with Crippen molar-refractivity contribution in [2.75, 3.05) is 59.0 Å². The third-order valence-electron chi connectivity index (χ3n) is 5.47. The first-order valence-corrected chi connectivity index (χ1v) is 10.0. The van der Waals surface area contributed by atoms with Gasteiger partial charge in [-0.15, -0.1) is 0 Å². The molecular weight excluding hydrogens is 356 g/mol.